The molecule has 0 saturated carbocycles. The Morgan fingerprint density at radius 1 is 1.29 bits per heavy atom. The van der Waals surface area contributed by atoms with E-state index in [0.717, 1.165) is 18.4 Å². The lowest BCUT2D eigenvalue weighted by atomic mass is 10.0. The molecule has 0 amide bonds. The molecule has 94 valence electrons. The van der Waals surface area contributed by atoms with Crippen LogP contribution in [-0.4, -0.2) is 5.97 Å². The van der Waals surface area contributed by atoms with E-state index in [1.807, 2.05) is 31.2 Å². The molecule has 0 aromatic heterocycles. The van der Waals surface area contributed by atoms with E-state index in [4.69, 9.17) is 4.74 Å². The second-order valence-corrected chi connectivity index (χ2v) is 4.70. The molecule has 0 N–H and O–H groups in total. The number of esters is 1. The summed E-state index contributed by atoms with van der Waals surface area (Å²) in [7, 11) is 0. The monoisotopic (exact) mass is 234 g/mol. The molecule has 0 radical (unpaired) electrons. The SMILES string of the molecule is CCC(C)CCC(=O)OCc1ccc(C)cc1. The molecular weight excluding hydrogens is 212 g/mol. The van der Waals surface area contributed by atoms with E-state index in [2.05, 4.69) is 13.8 Å². The zero-order valence-electron chi connectivity index (χ0n) is 11.0. The molecule has 0 heterocycles. The number of hydrogen-bond acceptors (Lipinski definition) is 2. The van der Waals surface area contributed by atoms with Crippen molar-refractivity contribution in [3.63, 3.8) is 0 Å². The Morgan fingerprint density at radius 3 is 2.53 bits per heavy atom. The van der Waals surface area contributed by atoms with Gasteiger partial charge in [-0.15, -0.1) is 0 Å². The first kappa shape index (κ1) is 13.8. The Balaban J connectivity index is 2.26. The first-order chi connectivity index (χ1) is 8.11. The number of carbonyl (C=O) groups excluding carboxylic acids is 1. The van der Waals surface area contributed by atoms with E-state index in [0.29, 0.717) is 18.9 Å². The lowest BCUT2D eigenvalue weighted by molar-refractivity contribution is -0.145. The van der Waals surface area contributed by atoms with Gasteiger partial charge in [0.1, 0.15) is 6.61 Å². The molecule has 0 saturated heterocycles. The Kier molecular flexibility index (Phi) is 5.75. The Bertz CT molecular complexity index is 340. The number of benzene rings is 1. The van der Waals surface area contributed by atoms with Crippen LogP contribution in [0.2, 0.25) is 0 Å². The van der Waals surface area contributed by atoms with Crippen LogP contribution in [0.4, 0.5) is 0 Å². The quantitative estimate of drug-likeness (QED) is 0.698. The van der Waals surface area contributed by atoms with Gasteiger partial charge in [0.25, 0.3) is 0 Å². The van der Waals surface area contributed by atoms with Gasteiger partial charge in [-0.05, 0) is 24.8 Å². The zero-order chi connectivity index (χ0) is 12.7. The predicted octanol–water partition coefficient (Wildman–Crippen LogP) is 3.86. The zero-order valence-corrected chi connectivity index (χ0v) is 11.0. The summed E-state index contributed by atoms with van der Waals surface area (Å²) in [5.74, 6) is 0.507. The summed E-state index contributed by atoms with van der Waals surface area (Å²) < 4.78 is 5.22. The van der Waals surface area contributed by atoms with Gasteiger partial charge in [0, 0.05) is 6.42 Å². The fraction of sp³-hybridized carbons (Fsp3) is 0.533. The molecule has 2 nitrogen and oxygen atoms in total. The van der Waals surface area contributed by atoms with Crippen molar-refractivity contribution in [2.24, 2.45) is 5.92 Å². The highest BCUT2D eigenvalue weighted by Gasteiger charge is 2.06. The fourth-order valence-electron chi connectivity index (χ4n) is 1.49. The molecule has 2 heteroatoms. The van der Waals surface area contributed by atoms with Gasteiger partial charge in [-0.25, -0.2) is 0 Å². The van der Waals surface area contributed by atoms with Crippen molar-refractivity contribution in [3.8, 4) is 0 Å². The predicted molar refractivity (Wildman–Crippen MR) is 69.7 cm³/mol. The van der Waals surface area contributed by atoms with E-state index < -0.39 is 0 Å². The summed E-state index contributed by atoms with van der Waals surface area (Å²) in [5.41, 5.74) is 2.27. The summed E-state index contributed by atoms with van der Waals surface area (Å²) in [6.07, 6.45) is 2.56. The first-order valence-electron chi connectivity index (χ1n) is 6.33. The number of ether oxygens (including phenoxy) is 1. The third-order valence-corrected chi connectivity index (χ3v) is 3.06. The topological polar surface area (TPSA) is 26.3 Å². The molecule has 17 heavy (non-hydrogen) atoms. The van der Waals surface area contributed by atoms with E-state index >= 15 is 0 Å². The maximum Gasteiger partial charge on any atom is 0.306 e. The van der Waals surface area contributed by atoms with Crippen LogP contribution in [0.15, 0.2) is 24.3 Å². The molecule has 1 unspecified atom stereocenters. The highest BCUT2D eigenvalue weighted by molar-refractivity contribution is 5.69. The van der Waals surface area contributed by atoms with Crippen LogP contribution in [0.5, 0.6) is 0 Å². The molecule has 0 aliphatic heterocycles. The number of aryl methyl sites for hydroxylation is 1. The van der Waals surface area contributed by atoms with Crippen LogP contribution in [0.25, 0.3) is 0 Å². The third-order valence-electron chi connectivity index (χ3n) is 3.06. The minimum atomic E-state index is -0.0918. The van der Waals surface area contributed by atoms with Gasteiger partial charge < -0.3 is 4.74 Å². The van der Waals surface area contributed by atoms with Crippen LogP contribution >= 0.6 is 0 Å². The summed E-state index contributed by atoms with van der Waals surface area (Å²) in [5, 5.41) is 0. The summed E-state index contributed by atoms with van der Waals surface area (Å²) >= 11 is 0. The normalized spacial score (nSPS) is 12.2. The molecule has 0 fully saturated rings. The van der Waals surface area contributed by atoms with Crippen LogP contribution in [-0.2, 0) is 16.1 Å². The molecule has 0 spiro atoms. The van der Waals surface area contributed by atoms with E-state index in [1.165, 1.54) is 5.56 Å². The maximum absolute atomic E-state index is 11.5. The second-order valence-electron chi connectivity index (χ2n) is 4.70. The molecule has 1 aromatic carbocycles. The van der Waals surface area contributed by atoms with Gasteiger partial charge in [0.2, 0.25) is 0 Å². The first-order valence-corrected chi connectivity index (χ1v) is 6.33. The summed E-state index contributed by atoms with van der Waals surface area (Å²) in [6.45, 7) is 6.73. The number of carbonyl (C=O) groups is 1. The standard InChI is InChI=1S/C15H22O2/c1-4-12(2)7-10-15(16)17-11-14-8-5-13(3)6-9-14/h5-6,8-9,12H,4,7,10-11H2,1-3H3. The molecule has 1 rings (SSSR count). The molecule has 0 aliphatic rings. The van der Waals surface area contributed by atoms with Crippen LogP contribution in [0.3, 0.4) is 0 Å². The second kappa shape index (κ2) is 7.10. The van der Waals surface area contributed by atoms with Gasteiger partial charge in [0.05, 0.1) is 0 Å². The molecular formula is C15H22O2. The smallest absolute Gasteiger partial charge is 0.306 e. The molecule has 1 aromatic rings. The highest BCUT2D eigenvalue weighted by Crippen LogP contribution is 2.11. The van der Waals surface area contributed by atoms with Crippen molar-refractivity contribution in [1.29, 1.82) is 0 Å². The van der Waals surface area contributed by atoms with Crippen molar-refractivity contribution in [1.82, 2.24) is 0 Å². The lowest BCUT2D eigenvalue weighted by Gasteiger charge is -2.08. The lowest BCUT2D eigenvalue weighted by Crippen LogP contribution is -2.06. The number of rotatable bonds is 6. The minimum Gasteiger partial charge on any atom is -0.461 e. The Hall–Kier alpha value is -1.31. The van der Waals surface area contributed by atoms with Crippen LogP contribution in [0, 0.1) is 12.8 Å². The van der Waals surface area contributed by atoms with E-state index in [-0.39, 0.29) is 5.97 Å². The molecule has 0 bridgehead atoms. The highest BCUT2D eigenvalue weighted by atomic mass is 16.5. The largest absolute Gasteiger partial charge is 0.461 e. The average molecular weight is 234 g/mol. The fourth-order valence-corrected chi connectivity index (χ4v) is 1.49. The maximum atomic E-state index is 11.5. The van der Waals surface area contributed by atoms with Crippen molar-refractivity contribution in [3.05, 3.63) is 35.4 Å². The van der Waals surface area contributed by atoms with Crippen LogP contribution in [0.1, 0.15) is 44.2 Å². The van der Waals surface area contributed by atoms with E-state index in [1.54, 1.807) is 0 Å². The van der Waals surface area contributed by atoms with Gasteiger partial charge in [-0.1, -0.05) is 50.1 Å². The minimum absolute atomic E-state index is 0.0918. The van der Waals surface area contributed by atoms with Gasteiger partial charge in [0.15, 0.2) is 0 Å². The third kappa shape index (κ3) is 5.53. The average Bonchev–Trinajstić information content (AvgIpc) is 2.35. The molecule has 1 atom stereocenters. The van der Waals surface area contributed by atoms with Crippen molar-refractivity contribution < 1.29 is 9.53 Å². The summed E-state index contributed by atoms with van der Waals surface area (Å²) in [6, 6.07) is 8.05. The van der Waals surface area contributed by atoms with E-state index in [9.17, 15) is 4.79 Å². The van der Waals surface area contributed by atoms with Crippen LogP contribution < -0.4 is 0 Å². The Morgan fingerprint density at radius 2 is 1.94 bits per heavy atom. The van der Waals surface area contributed by atoms with Crippen molar-refractivity contribution >= 4 is 5.97 Å². The van der Waals surface area contributed by atoms with Crippen molar-refractivity contribution in [2.45, 2.75) is 46.6 Å². The Labute approximate surface area is 104 Å². The van der Waals surface area contributed by atoms with Gasteiger partial charge in [-0.2, -0.15) is 0 Å². The molecule has 0 aliphatic carbocycles. The van der Waals surface area contributed by atoms with Crippen molar-refractivity contribution in [2.75, 3.05) is 0 Å². The number of hydrogen-bond donors (Lipinski definition) is 0. The van der Waals surface area contributed by atoms with Gasteiger partial charge >= 0.3 is 5.97 Å². The summed E-state index contributed by atoms with van der Waals surface area (Å²) in [4.78, 5) is 11.5. The van der Waals surface area contributed by atoms with Gasteiger partial charge in [-0.3, -0.25) is 4.79 Å².